The van der Waals surface area contributed by atoms with Gasteiger partial charge in [-0.15, -0.1) is 0 Å². The highest BCUT2D eigenvalue weighted by molar-refractivity contribution is 8.76. The molecule has 394 valence electrons. The van der Waals surface area contributed by atoms with E-state index in [0.717, 1.165) is 38.1 Å². The summed E-state index contributed by atoms with van der Waals surface area (Å²) in [7, 11) is 3.39. The van der Waals surface area contributed by atoms with E-state index in [1.165, 1.54) is 25.8 Å². The minimum absolute atomic E-state index is 0.0133. The summed E-state index contributed by atoms with van der Waals surface area (Å²) in [5.41, 5.74) is 20.5. The molecule has 1 aliphatic heterocycles. The number of hydrogen-bond acceptors (Lipinski definition) is 14. The van der Waals surface area contributed by atoms with Crippen LogP contribution in [0.3, 0.4) is 0 Å². The smallest absolute Gasteiger partial charge is 0.246 e. The highest BCUT2D eigenvalue weighted by atomic mass is 33.1. The number of amides is 8. The first kappa shape index (κ1) is 57.4. The first-order valence-corrected chi connectivity index (χ1v) is 26.4. The van der Waals surface area contributed by atoms with E-state index in [1.54, 1.807) is 60.8 Å². The lowest BCUT2D eigenvalue weighted by atomic mass is 10.00. The Hall–Kier alpha value is -6.50. The number of hydrogen-bond donors (Lipinski definition) is 12. The molecule has 4 aromatic rings. The summed E-state index contributed by atoms with van der Waals surface area (Å²) < 4.78 is 0. The second kappa shape index (κ2) is 28.1. The fourth-order valence-electron chi connectivity index (χ4n) is 8.11. The van der Waals surface area contributed by atoms with Crippen molar-refractivity contribution < 1.29 is 48.6 Å². The Kier molecular flexibility index (Phi) is 22.1. The molecule has 5 rings (SSSR count). The molecule has 15 N–H and O–H groups in total. The lowest BCUT2D eigenvalue weighted by molar-refractivity contribution is -0.142. The molecule has 0 radical (unpaired) electrons. The zero-order chi connectivity index (χ0) is 53.2. The number of nitrogens with two attached hydrogens (primary N) is 3. The first-order chi connectivity index (χ1) is 34.9. The zero-order valence-corrected chi connectivity index (χ0v) is 42.6. The lowest BCUT2D eigenvalue weighted by Gasteiger charge is -2.33. The van der Waals surface area contributed by atoms with Crippen molar-refractivity contribution in [1.29, 1.82) is 0 Å². The minimum Gasteiger partial charge on any atom is -0.391 e. The molecule has 1 saturated heterocycles. The monoisotopic (exact) mass is 1050 g/mol. The Morgan fingerprint density at radius 2 is 1.38 bits per heavy atom. The SMILES string of the molecule is C[C@@H](O)[C@H](NC(=O)[C@@H]1CSSC[C@H](NC(=O)[C@H](N)Cc2ccccc2)C(=O)N(C)[C@@H](Cc2ccccc2)C(=O)N[C@H](Cc2c[nH]c3ccccc23)C(=O)N[C@@H](CCCCN)C(=O)N[C@@H]([C@@H](C)O)C(=O)N1)C(N)=O. The molecule has 8 amide bonds. The van der Waals surface area contributed by atoms with Gasteiger partial charge in [0.25, 0.3) is 0 Å². The number of aromatic amines is 1. The summed E-state index contributed by atoms with van der Waals surface area (Å²) in [6, 6.07) is 13.9. The molecule has 3 aromatic carbocycles. The average molecular weight is 1050 g/mol. The normalized spacial score (nSPS) is 22.6. The molecular formula is C50H67N11O10S2. The van der Waals surface area contributed by atoms with Crippen molar-refractivity contribution in [2.24, 2.45) is 17.2 Å². The summed E-state index contributed by atoms with van der Waals surface area (Å²) in [4.78, 5) is 117. The van der Waals surface area contributed by atoms with Crippen LogP contribution in [0.5, 0.6) is 0 Å². The molecule has 1 aromatic heterocycles. The van der Waals surface area contributed by atoms with Gasteiger partial charge in [0.05, 0.1) is 18.2 Å². The van der Waals surface area contributed by atoms with Crippen molar-refractivity contribution in [1.82, 2.24) is 41.8 Å². The van der Waals surface area contributed by atoms with E-state index in [1.807, 2.05) is 30.3 Å². The second-order valence-electron chi connectivity index (χ2n) is 18.0. The van der Waals surface area contributed by atoms with Crippen LogP contribution in [0.1, 0.15) is 49.8 Å². The molecule has 2 heterocycles. The van der Waals surface area contributed by atoms with Gasteiger partial charge in [-0.1, -0.05) is 100 Å². The van der Waals surface area contributed by atoms with Gasteiger partial charge in [-0.3, -0.25) is 38.4 Å². The predicted molar refractivity (Wildman–Crippen MR) is 279 cm³/mol. The van der Waals surface area contributed by atoms with Crippen LogP contribution < -0.4 is 49.1 Å². The average Bonchev–Trinajstić information content (AvgIpc) is 3.78. The number of carbonyl (C=O) groups is 8. The van der Waals surface area contributed by atoms with Gasteiger partial charge in [0.1, 0.15) is 42.3 Å². The topological polar surface area (TPSA) is 346 Å². The van der Waals surface area contributed by atoms with Gasteiger partial charge in [0, 0.05) is 48.5 Å². The number of para-hydroxylation sites is 1. The molecule has 0 unspecified atom stereocenters. The Bertz CT molecular complexity index is 2520. The predicted octanol–water partition coefficient (Wildman–Crippen LogP) is -0.970. The number of primary amides is 1. The second-order valence-corrected chi connectivity index (χ2v) is 20.5. The van der Waals surface area contributed by atoms with E-state index in [-0.39, 0.29) is 43.7 Å². The van der Waals surface area contributed by atoms with Crippen molar-refractivity contribution in [2.75, 3.05) is 25.1 Å². The summed E-state index contributed by atoms with van der Waals surface area (Å²) >= 11 is 0. The van der Waals surface area contributed by atoms with Gasteiger partial charge in [-0.25, -0.2) is 0 Å². The molecule has 0 spiro atoms. The number of likely N-dealkylation sites (N-methyl/N-ethyl adjacent to an activating group) is 1. The van der Waals surface area contributed by atoms with E-state index in [0.29, 0.717) is 24.0 Å². The van der Waals surface area contributed by atoms with Crippen LogP contribution in [0, 0.1) is 0 Å². The van der Waals surface area contributed by atoms with Crippen LogP contribution in [0.25, 0.3) is 10.9 Å². The molecule has 21 nitrogen and oxygen atoms in total. The van der Waals surface area contributed by atoms with E-state index < -0.39 is 108 Å². The quantitative estimate of drug-likeness (QED) is 0.0448. The molecule has 23 heteroatoms. The standard InChI is InChI=1S/C50H67N11O10S2/c1-28(62)41(43(53)64)59-47(68)38-26-72-73-27-39(58-44(65)34(52)22-30-14-6-4-7-15-30)50(71)61(3)40(23-31-16-8-5-9-17-31)48(69)56-37(24-32-25-54-35-19-11-10-18-33(32)35)46(67)55-36(20-12-13-21-51)45(66)60-42(29(2)63)49(70)57-38/h4-11,14-19,25,28-29,34,36-42,54,62-63H,12-13,20-24,26-27,51-52H2,1-3H3,(H2,53,64)(H,55,67)(H,56,69)(H,57,70)(H,58,65)(H,59,68)(H,60,66)/t28-,29-,34-,36+,37-,38+,39+,40+,41+,42+/m1/s1. The number of H-pyrrole nitrogens is 1. The zero-order valence-electron chi connectivity index (χ0n) is 41.0. The number of aliphatic hydroxyl groups excluding tert-OH is 2. The summed E-state index contributed by atoms with van der Waals surface area (Å²) in [5, 5.41) is 37.7. The van der Waals surface area contributed by atoms with Gasteiger partial charge in [-0.2, -0.15) is 0 Å². The van der Waals surface area contributed by atoms with Gasteiger partial charge < -0.3 is 69.2 Å². The summed E-state index contributed by atoms with van der Waals surface area (Å²) in [5.74, 6) is -7.34. The Morgan fingerprint density at radius 1 is 0.767 bits per heavy atom. The van der Waals surface area contributed by atoms with Crippen LogP contribution in [0.4, 0.5) is 0 Å². The number of nitrogens with zero attached hydrogens (tertiary/aromatic N) is 1. The molecular weight excluding hydrogens is 979 g/mol. The van der Waals surface area contributed by atoms with Crippen molar-refractivity contribution in [3.8, 4) is 0 Å². The van der Waals surface area contributed by atoms with E-state index >= 15 is 0 Å². The maximum atomic E-state index is 15.0. The Labute approximate surface area is 431 Å². The molecule has 1 fully saturated rings. The largest absolute Gasteiger partial charge is 0.391 e. The third kappa shape index (κ3) is 16.8. The third-order valence-electron chi connectivity index (χ3n) is 12.3. The number of aliphatic hydroxyl groups is 2. The highest BCUT2D eigenvalue weighted by Crippen LogP contribution is 2.25. The summed E-state index contributed by atoms with van der Waals surface area (Å²) in [6.45, 7) is 2.71. The van der Waals surface area contributed by atoms with Gasteiger partial charge >= 0.3 is 0 Å². The van der Waals surface area contributed by atoms with Crippen molar-refractivity contribution >= 4 is 79.7 Å². The van der Waals surface area contributed by atoms with Crippen molar-refractivity contribution in [2.45, 2.75) is 113 Å². The highest BCUT2D eigenvalue weighted by Gasteiger charge is 2.38. The number of unbranched alkanes of at least 4 members (excludes halogenated alkanes) is 1. The number of aromatic nitrogens is 1. The van der Waals surface area contributed by atoms with Gasteiger partial charge in [-0.05, 0) is 68.8 Å². The molecule has 0 bridgehead atoms. The van der Waals surface area contributed by atoms with Gasteiger partial charge in [0.15, 0.2) is 0 Å². The number of nitrogens with one attached hydrogen (secondary N) is 7. The molecule has 73 heavy (non-hydrogen) atoms. The van der Waals surface area contributed by atoms with Crippen LogP contribution >= 0.6 is 21.6 Å². The minimum atomic E-state index is -1.71. The molecule has 10 atom stereocenters. The molecule has 0 aliphatic carbocycles. The summed E-state index contributed by atoms with van der Waals surface area (Å²) in [6.07, 6.45) is -0.517. The van der Waals surface area contributed by atoms with Crippen molar-refractivity contribution in [3.63, 3.8) is 0 Å². The fourth-order valence-corrected chi connectivity index (χ4v) is 10.4. The number of rotatable bonds is 17. The fraction of sp³-hybridized carbons (Fsp3) is 0.440. The number of carbonyl (C=O) groups excluding carboxylic acids is 8. The Morgan fingerprint density at radius 3 is 2.03 bits per heavy atom. The Balaban J connectivity index is 1.60. The number of benzene rings is 3. The molecule has 1 aliphatic rings. The van der Waals surface area contributed by atoms with E-state index in [4.69, 9.17) is 17.2 Å². The maximum Gasteiger partial charge on any atom is 0.246 e. The lowest BCUT2D eigenvalue weighted by Crippen LogP contribution is -2.62. The molecule has 0 saturated carbocycles. The van der Waals surface area contributed by atoms with Gasteiger partial charge in [0.2, 0.25) is 47.3 Å². The van der Waals surface area contributed by atoms with Crippen LogP contribution in [-0.4, -0.2) is 153 Å². The maximum absolute atomic E-state index is 15.0. The first-order valence-electron chi connectivity index (χ1n) is 24.0. The van der Waals surface area contributed by atoms with Crippen LogP contribution in [0.2, 0.25) is 0 Å². The van der Waals surface area contributed by atoms with Crippen LogP contribution in [0.15, 0.2) is 91.1 Å². The van der Waals surface area contributed by atoms with E-state index in [2.05, 4.69) is 36.9 Å². The third-order valence-corrected chi connectivity index (χ3v) is 14.7. The number of fused-ring (bicyclic) bond motifs is 1. The van der Waals surface area contributed by atoms with Crippen LogP contribution in [-0.2, 0) is 57.6 Å². The van der Waals surface area contributed by atoms with Crippen molar-refractivity contribution in [3.05, 3.63) is 108 Å². The van der Waals surface area contributed by atoms with E-state index in [9.17, 15) is 48.6 Å².